The Morgan fingerprint density at radius 1 is 0.676 bits per heavy atom. The van der Waals surface area contributed by atoms with Gasteiger partial charge < -0.3 is 5.32 Å². The molecule has 0 aliphatic rings. The lowest BCUT2D eigenvalue weighted by Crippen LogP contribution is -2.10. The SMILES string of the molecule is CCCCCCCC/C=C\CCCCCCCC(=O)Nc1ccc(N=Nc2ccccc2)cc1. The van der Waals surface area contributed by atoms with Crippen molar-refractivity contribution in [2.24, 2.45) is 10.2 Å². The summed E-state index contributed by atoms with van der Waals surface area (Å²) in [4.78, 5) is 12.2. The van der Waals surface area contributed by atoms with E-state index >= 15 is 0 Å². The molecule has 4 heteroatoms. The van der Waals surface area contributed by atoms with Crippen molar-refractivity contribution in [3.63, 3.8) is 0 Å². The van der Waals surface area contributed by atoms with Gasteiger partial charge in [0.25, 0.3) is 0 Å². The molecule has 34 heavy (non-hydrogen) atoms. The van der Waals surface area contributed by atoms with Gasteiger partial charge in [-0.05, 0) is 68.5 Å². The van der Waals surface area contributed by atoms with Crippen molar-refractivity contribution >= 4 is 23.0 Å². The van der Waals surface area contributed by atoms with Crippen LogP contribution in [-0.2, 0) is 4.79 Å². The number of benzene rings is 2. The lowest BCUT2D eigenvalue weighted by molar-refractivity contribution is -0.116. The normalized spacial score (nSPS) is 11.4. The van der Waals surface area contributed by atoms with Gasteiger partial charge in [0, 0.05) is 12.1 Å². The largest absolute Gasteiger partial charge is 0.326 e. The Morgan fingerprint density at radius 3 is 1.82 bits per heavy atom. The number of amides is 1. The van der Waals surface area contributed by atoms with Crippen LogP contribution in [0.15, 0.2) is 77.0 Å². The van der Waals surface area contributed by atoms with E-state index in [4.69, 9.17) is 0 Å². The Kier molecular flexibility index (Phi) is 15.1. The van der Waals surface area contributed by atoms with Crippen LogP contribution in [0, 0.1) is 0 Å². The molecule has 0 atom stereocenters. The second-order valence-corrected chi connectivity index (χ2v) is 8.96. The van der Waals surface area contributed by atoms with E-state index in [1.807, 2.05) is 54.6 Å². The quantitative estimate of drug-likeness (QED) is 0.134. The second kappa shape index (κ2) is 18.7. The number of nitrogens with one attached hydrogen (secondary N) is 1. The summed E-state index contributed by atoms with van der Waals surface area (Å²) < 4.78 is 0. The molecule has 2 aromatic rings. The highest BCUT2D eigenvalue weighted by Gasteiger charge is 2.02. The molecule has 0 bridgehead atoms. The first-order chi connectivity index (χ1) is 16.8. The molecule has 0 unspecified atom stereocenters. The smallest absolute Gasteiger partial charge is 0.224 e. The average molecular weight is 462 g/mol. The third-order valence-electron chi connectivity index (χ3n) is 5.85. The Morgan fingerprint density at radius 2 is 1.21 bits per heavy atom. The maximum atomic E-state index is 12.2. The minimum absolute atomic E-state index is 0.0799. The standard InChI is InChI=1S/C30H43N3O/c1-2-3-4-5-6-7-8-9-10-11-12-13-14-15-19-22-30(34)31-27-23-25-29(26-24-27)33-32-28-20-17-16-18-21-28/h9-10,16-18,20-21,23-26H,2-8,11-15,19,22H2,1H3,(H,31,34)/b10-9-,33-32?. The molecule has 0 fully saturated rings. The highest BCUT2D eigenvalue weighted by Crippen LogP contribution is 2.20. The number of hydrogen-bond donors (Lipinski definition) is 1. The van der Waals surface area contributed by atoms with E-state index < -0.39 is 0 Å². The summed E-state index contributed by atoms with van der Waals surface area (Å²) in [5, 5.41) is 11.4. The number of hydrogen-bond acceptors (Lipinski definition) is 3. The minimum atomic E-state index is 0.0799. The zero-order chi connectivity index (χ0) is 24.1. The fourth-order valence-electron chi connectivity index (χ4n) is 3.80. The van der Waals surface area contributed by atoms with E-state index in [2.05, 4.69) is 34.6 Å². The number of carbonyl (C=O) groups is 1. The van der Waals surface area contributed by atoms with Crippen LogP contribution in [0.3, 0.4) is 0 Å². The van der Waals surface area contributed by atoms with Gasteiger partial charge in [0.1, 0.15) is 0 Å². The highest BCUT2D eigenvalue weighted by atomic mass is 16.1. The molecule has 0 radical (unpaired) electrons. The molecule has 1 N–H and O–H groups in total. The number of anilines is 1. The molecule has 4 nitrogen and oxygen atoms in total. The number of carbonyl (C=O) groups excluding carboxylic acids is 1. The minimum Gasteiger partial charge on any atom is -0.326 e. The number of allylic oxidation sites excluding steroid dienone is 2. The molecule has 0 aromatic heterocycles. The molecular formula is C30H43N3O. The average Bonchev–Trinajstić information content (AvgIpc) is 2.86. The number of unbranched alkanes of at least 4 members (excludes halogenated alkanes) is 11. The predicted molar refractivity (Wildman–Crippen MR) is 145 cm³/mol. The maximum Gasteiger partial charge on any atom is 0.224 e. The van der Waals surface area contributed by atoms with Gasteiger partial charge in [-0.25, -0.2) is 0 Å². The van der Waals surface area contributed by atoms with E-state index in [0.29, 0.717) is 6.42 Å². The molecule has 2 aromatic carbocycles. The molecule has 0 aliphatic heterocycles. The summed E-state index contributed by atoms with van der Waals surface area (Å²) in [5.74, 6) is 0.0799. The number of nitrogens with zero attached hydrogens (tertiary/aromatic N) is 2. The van der Waals surface area contributed by atoms with E-state index in [0.717, 1.165) is 29.9 Å². The Labute approximate surface area is 207 Å². The Balaban J connectivity index is 1.46. The fourth-order valence-corrected chi connectivity index (χ4v) is 3.80. The van der Waals surface area contributed by atoms with Crippen LogP contribution in [-0.4, -0.2) is 5.91 Å². The molecule has 0 saturated carbocycles. The zero-order valence-electron chi connectivity index (χ0n) is 21.1. The molecule has 1 amide bonds. The summed E-state index contributed by atoms with van der Waals surface area (Å²) in [6.45, 7) is 2.27. The molecule has 0 spiro atoms. The predicted octanol–water partition coefficient (Wildman–Crippen LogP) is 10.1. The van der Waals surface area contributed by atoms with Crippen molar-refractivity contribution in [2.45, 2.75) is 96.8 Å². The third-order valence-corrected chi connectivity index (χ3v) is 5.85. The first-order valence-corrected chi connectivity index (χ1v) is 13.3. The first-order valence-electron chi connectivity index (χ1n) is 13.3. The fraction of sp³-hybridized carbons (Fsp3) is 0.500. The Bertz CT molecular complexity index is 828. The maximum absolute atomic E-state index is 12.2. The van der Waals surface area contributed by atoms with Gasteiger partial charge in [0.2, 0.25) is 5.91 Å². The monoisotopic (exact) mass is 461 g/mol. The number of rotatable bonds is 18. The highest BCUT2D eigenvalue weighted by molar-refractivity contribution is 5.90. The van der Waals surface area contributed by atoms with Crippen LogP contribution in [0.1, 0.15) is 96.8 Å². The summed E-state index contributed by atoms with van der Waals surface area (Å²) in [7, 11) is 0. The van der Waals surface area contributed by atoms with Crippen molar-refractivity contribution in [1.82, 2.24) is 0 Å². The molecular weight excluding hydrogens is 418 g/mol. The van der Waals surface area contributed by atoms with Crippen LogP contribution in [0.5, 0.6) is 0 Å². The van der Waals surface area contributed by atoms with E-state index in [9.17, 15) is 4.79 Å². The molecule has 0 heterocycles. The number of azo groups is 1. The summed E-state index contributed by atoms with van der Waals surface area (Å²) in [6, 6.07) is 17.1. The first kappa shape index (κ1) is 27.5. The summed E-state index contributed by atoms with van der Waals surface area (Å²) in [6.07, 6.45) is 21.7. The van der Waals surface area contributed by atoms with Gasteiger partial charge in [-0.2, -0.15) is 10.2 Å². The van der Waals surface area contributed by atoms with Gasteiger partial charge in [0.15, 0.2) is 0 Å². The van der Waals surface area contributed by atoms with Gasteiger partial charge >= 0.3 is 0 Å². The van der Waals surface area contributed by atoms with Crippen LogP contribution in [0.4, 0.5) is 17.1 Å². The van der Waals surface area contributed by atoms with E-state index in [-0.39, 0.29) is 5.91 Å². The molecule has 0 aliphatic carbocycles. The third kappa shape index (κ3) is 13.7. The van der Waals surface area contributed by atoms with Crippen molar-refractivity contribution in [3.05, 3.63) is 66.7 Å². The lowest BCUT2D eigenvalue weighted by atomic mass is 10.1. The van der Waals surface area contributed by atoms with Crippen molar-refractivity contribution in [1.29, 1.82) is 0 Å². The summed E-state index contributed by atoms with van der Waals surface area (Å²) in [5.41, 5.74) is 2.38. The van der Waals surface area contributed by atoms with E-state index in [1.54, 1.807) is 0 Å². The zero-order valence-corrected chi connectivity index (χ0v) is 21.1. The van der Waals surface area contributed by atoms with Gasteiger partial charge in [-0.3, -0.25) is 4.79 Å². The van der Waals surface area contributed by atoms with Crippen molar-refractivity contribution < 1.29 is 4.79 Å². The van der Waals surface area contributed by atoms with Crippen LogP contribution < -0.4 is 5.32 Å². The second-order valence-electron chi connectivity index (χ2n) is 8.96. The van der Waals surface area contributed by atoms with Crippen molar-refractivity contribution in [3.8, 4) is 0 Å². The van der Waals surface area contributed by atoms with Gasteiger partial charge in [-0.1, -0.05) is 88.6 Å². The van der Waals surface area contributed by atoms with Crippen LogP contribution in [0.2, 0.25) is 0 Å². The van der Waals surface area contributed by atoms with Gasteiger partial charge in [-0.15, -0.1) is 0 Å². The van der Waals surface area contributed by atoms with Gasteiger partial charge in [0.05, 0.1) is 11.4 Å². The topological polar surface area (TPSA) is 53.8 Å². The summed E-state index contributed by atoms with van der Waals surface area (Å²) >= 11 is 0. The van der Waals surface area contributed by atoms with Crippen LogP contribution in [0.25, 0.3) is 0 Å². The van der Waals surface area contributed by atoms with Crippen LogP contribution >= 0.6 is 0 Å². The molecule has 2 rings (SSSR count). The van der Waals surface area contributed by atoms with Crippen molar-refractivity contribution in [2.75, 3.05) is 5.32 Å². The van der Waals surface area contributed by atoms with E-state index in [1.165, 1.54) is 70.6 Å². The lowest BCUT2D eigenvalue weighted by Gasteiger charge is -2.05. The Hall–Kier alpha value is -2.75. The molecule has 184 valence electrons. The molecule has 0 saturated heterocycles.